The van der Waals surface area contributed by atoms with E-state index >= 15 is 0 Å². The van der Waals surface area contributed by atoms with Crippen molar-refractivity contribution in [3.05, 3.63) is 52.8 Å². The molecule has 0 amide bonds. The van der Waals surface area contributed by atoms with Crippen molar-refractivity contribution in [1.82, 2.24) is 20.1 Å². The molecule has 1 aliphatic rings. The maximum atomic E-state index is 11.1. The highest BCUT2D eigenvalue weighted by atomic mass is 16.5. The number of H-pyrrole nitrogens is 1. The Kier molecular flexibility index (Phi) is 3.38. The number of anilines is 2. The van der Waals surface area contributed by atoms with Crippen LogP contribution in [0.1, 0.15) is 30.7 Å². The van der Waals surface area contributed by atoms with Crippen LogP contribution < -0.4 is 11.1 Å². The molecule has 7 heteroatoms. The van der Waals surface area contributed by atoms with Crippen LogP contribution in [-0.2, 0) is 0 Å². The number of nitrogens with zero attached hydrogens (tertiary/aromatic N) is 3. The van der Waals surface area contributed by atoms with Gasteiger partial charge < -0.3 is 5.32 Å². The van der Waals surface area contributed by atoms with Crippen molar-refractivity contribution in [2.75, 3.05) is 5.32 Å². The number of benzene rings is 1. The van der Waals surface area contributed by atoms with Crippen LogP contribution in [0.25, 0.3) is 11.5 Å². The number of aromatic amines is 1. The summed E-state index contributed by atoms with van der Waals surface area (Å²) in [6.45, 7) is 0. The molecule has 1 saturated carbocycles. The maximum Gasteiger partial charge on any atom is 0.439 e. The molecule has 116 valence electrons. The molecular weight excluding hydrogens is 294 g/mol. The Morgan fingerprint density at radius 2 is 1.91 bits per heavy atom. The zero-order valence-corrected chi connectivity index (χ0v) is 12.3. The lowest BCUT2D eigenvalue weighted by Gasteiger charge is -2.25. The first-order chi connectivity index (χ1) is 11.3. The van der Waals surface area contributed by atoms with Crippen molar-refractivity contribution in [2.24, 2.45) is 0 Å². The van der Waals surface area contributed by atoms with Crippen LogP contribution in [-0.4, -0.2) is 20.1 Å². The smallest absolute Gasteiger partial charge is 0.338 e. The molecule has 0 atom stereocenters. The van der Waals surface area contributed by atoms with Crippen molar-refractivity contribution in [3.8, 4) is 11.5 Å². The third-order valence-corrected chi connectivity index (χ3v) is 4.11. The second-order valence-corrected chi connectivity index (χ2v) is 5.57. The van der Waals surface area contributed by atoms with Crippen molar-refractivity contribution >= 4 is 11.5 Å². The summed E-state index contributed by atoms with van der Waals surface area (Å²) >= 11 is 0. The van der Waals surface area contributed by atoms with E-state index in [0.717, 1.165) is 5.69 Å². The predicted molar refractivity (Wildman–Crippen MR) is 84.5 cm³/mol. The van der Waals surface area contributed by atoms with E-state index in [1.807, 2.05) is 12.1 Å². The van der Waals surface area contributed by atoms with E-state index in [1.54, 1.807) is 6.20 Å². The highest BCUT2D eigenvalue weighted by Crippen LogP contribution is 2.36. The molecule has 0 saturated heterocycles. The van der Waals surface area contributed by atoms with Gasteiger partial charge in [-0.1, -0.05) is 23.7 Å². The normalized spacial score (nSPS) is 14.4. The first-order valence-electron chi connectivity index (χ1n) is 7.54. The molecule has 1 aliphatic carbocycles. The molecule has 23 heavy (non-hydrogen) atoms. The number of rotatable bonds is 4. The summed E-state index contributed by atoms with van der Waals surface area (Å²) in [5, 5.41) is 6.86. The topological polar surface area (TPSA) is 96.7 Å². The van der Waals surface area contributed by atoms with Gasteiger partial charge in [-0.3, -0.25) is 9.51 Å². The Morgan fingerprint density at radius 3 is 2.57 bits per heavy atom. The zero-order valence-electron chi connectivity index (χ0n) is 12.3. The average Bonchev–Trinajstić information content (AvgIpc) is 2.94. The minimum absolute atomic E-state index is 0.247. The molecule has 0 bridgehead atoms. The molecule has 2 heterocycles. The molecule has 0 aliphatic heterocycles. The largest absolute Gasteiger partial charge is 0.439 e. The molecule has 4 rings (SSSR count). The lowest BCUT2D eigenvalue weighted by atomic mass is 9.80. The van der Waals surface area contributed by atoms with Gasteiger partial charge in [-0.25, -0.2) is 14.8 Å². The quantitative estimate of drug-likeness (QED) is 0.769. The molecule has 2 aromatic heterocycles. The van der Waals surface area contributed by atoms with E-state index < -0.39 is 5.76 Å². The van der Waals surface area contributed by atoms with Gasteiger partial charge >= 0.3 is 5.76 Å². The van der Waals surface area contributed by atoms with Gasteiger partial charge in [0.2, 0.25) is 5.82 Å². The second kappa shape index (κ2) is 5.68. The summed E-state index contributed by atoms with van der Waals surface area (Å²) < 4.78 is 4.53. The van der Waals surface area contributed by atoms with E-state index in [2.05, 4.69) is 42.1 Å². The van der Waals surface area contributed by atoms with Crippen LogP contribution in [0.15, 0.2) is 46.0 Å². The van der Waals surface area contributed by atoms with E-state index in [0.29, 0.717) is 17.4 Å². The molecule has 1 fully saturated rings. The summed E-state index contributed by atoms with van der Waals surface area (Å²) in [6, 6.07) is 8.33. The molecule has 2 N–H and O–H groups in total. The minimum atomic E-state index is -0.624. The third kappa shape index (κ3) is 2.73. The number of hydrogen-bond acceptors (Lipinski definition) is 6. The van der Waals surface area contributed by atoms with Crippen LogP contribution in [0, 0.1) is 0 Å². The summed E-state index contributed by atoms with van der Waals surface area (Å²) in [5.41, 5.74) is 2.71. The summed E-state index contributed by atoms with van der Waals surface area (Å²) in [6.07, 6.45) is 6.99. The fourth-order valence-corrected chi connectivity index (χ4v) is 2.65. The zero-order chi connectivity index (χ0) is 15.6. The highest BCUT2D eigenvalue weighted by Gasteiger charge is 2.19. The molecule has 1 aromatic carbocycles. The first-order valence-corrected chi connectivity index (χ1v) is 7.54. The Bertz CT molecular complexity index is 864. The van der Waals surface area contributed by atoms with Gasteiger partial charge in [0.15, 0.2) is 11.5 Å². The van der Waals surface area contributed by atoms with Crippen LogP contribution >= 0.6 is 0 Å². The SMILES string of the molecule is O=c1[nH]c(-c2nccnc2Nc2ccc(C3CCC3)cc2)no1. The Hall–Kier alpha value is -2.96. The predicted octanol–water partition coefficient (Wildman–Crippen LogP) is 2.83. The minimum Gasteiger partial charge on any atom is -0.338 e. The molecule has 0 radical (unpaired) electrons. The van der Waals surface area contributed by atoms with Gasteiger partial charge in [0.1, 0.15) is 0 Å². The van der Waals surface area contributed by atoms with E-state index in [9.17, 15) is 4.79 Å². The van der Waals surface area contributed by atoms with Crippen LogP contribution in [0.3, 0.4) is 0 Å². The van der Waals surface area contributed by atoms with Gasteiger partial charge in [-0.05, 0) is 36.5 Å². The van der Waals surface area contributed by atoms with Crippen LogP contribution in [0.2, 0.25) is 0 Å². The summed E-state index contributed by atoms with van der Waals surface area (Å²) in [7, 11) is 0. The lowest BCUT2D eigenvalue weighted by molar-refractivity contribution is 0.387. The Labute approximate surface area is 131 Å². The molecular formula is C16H15N5O2. The maximum absolute atomic E-state index is 11.1. The Morgan fingerprint density at radius 1 is 1.13 bits per heavy atom. The average molecular weight is 309 g/mol. The number of aromatic nitrogens is 4. The summed E-state index contributed by atoms with van der Waals surface area (Å²) in [4.78, 5) is 22.1. The highest BCUT2D eigenvalue weighted by molar-refractivity contribution is 5.70. The third-order valence-electron chi connectivity index (χ3n) is 4.11. The fraction of sp³-hybridized carbons (Fsp3) is 0.250. The van der Waals surface area contributed by atoms with E-state index in [4.69, 9.17) is 0 Å². The van der Waals surface area contributed by atoms with Crippen molar-refractivity contribution in [3.63, 3.8) is 0 Å². The fourth-order valence-electron chi connectivity index (χ4n) is 2.65. The van der Waals surface area contributed by atoms with Gasteiger partial charge in [-0.15, -0.1) is 0 Å². The van der Waals surface area contributed by atoms with E-state index in [1.165, 1.54) is 31.0 Å². The monoisotopic (exact) mass is 309 g/mol. The molecule has 3 aromatic rings. The Balaban J connectivity index is 1.60. The molecule has 0 spiro atoms. The van der Waals surface area contributed by atoms with Gasteiger partial charge in [0.25, 0.3) is 0 Å². The van der Waals surface area contributed by atoms with Crippen molar-refractivity contribution in [1.29, 1.82) is 0 Å². The van der Waals surface area contributed by atoms with Crippen LogP contribution in [0.4, 0.5) is 11.5 Å². The van der Waals surface area contributed by atoms with Crippen LogP contribution in [0.5, 0.6) is 0 Å². The molecule has 7 nitrogen and oxygen atoms in total. The first kappa shape index (κ1) is 13.7. The van der Waals surface area contributed by atoms with Crippen molar-refractivity contribution in [2.45, 2.75) is 25.2 Å². The van der Waals surface area contributed by atoms with Gasteiger partial charge in [0.05, 0.1) is 0 Å². The van der Waals surface area contributed by atoms with Gasteiger partial charge in [-0.2, -0.15) is 0 Å². The second-order valence-electron chi connectivity index (χ2n) is 5.57. The molecule has 0 unspecified atom stereocenters. The number of hydrogen-bond donors (Lipinski definition) is 2. The van der Waals surface area contributed by atoms with Crippen molar-refractivity contribution < 1.29 is 4.52 Å². The number of nitrogens with one attached hydrogen (secondary N) is 2. The van der Waals surface area contributed by atoms with Gasteiger partial charge in [0, 0.05) is 18.1 Å². The lowest BCUT2D eigenvalue weighted by Crippen LogP contribution is -2.08. The van der Waals surface area contributed by atoms with E-state index in [-0.39, 0.29) is 5.82 Å². The standard InChI is InChI=1S/C16H15N5O2/c22-16-20-15(21-23-16)13-14(18-9-8-17-13)19-12-6-4-11(5-7-12)10-2-1-3-10/h4-10H,1-3H2,(H,18,19)(H,20,21,22). The summed E-state index contributed by atoms with van der Waals surface area (Å²) in [5.74, 6) is 0.836.